The number of fused-ring (bicyclic) bond motifs is 3. The van der Waals surface area contributed by atoms with Gasteiger partial charge in [0.25, 0.3) is 5.91 Å². The van der Waals surface area contributed by atoms with Gasteiger partial charge in [-0.25, -0.2) is 0 Å². The fraction of sp³-hybridized carbons (Fsp3) is 0.458. The number of hydrogen-bond donors (Lipinski definition) is 4. The van der Waals surface area contributed by atoms with Crippen LogP contribution in [0.2, 0.25) is 0 Å². The SMILES string of the molecule is Cc1ccc(N(C)C)c2c1C(=O)C1=C(O)[C@]3(O)C(=O)C(C(N)=O)=C(O)[C@@H](N(C)C)[C@@H]3C[C@@H]1C2. The fourth-order valence-corrected chi connectivity index (χ4v) is 5.85. The largest absolute Gasteiger partial charge is 0.510 e. The van der Waals surface area contributed by atoms with E-state index >= 15 is 0 Å². The van der Waals surface area contributed by atoms with Gasteiger partial charge >= 0.3 is 0 Å². The zero-order valence-corrected chi connectivity index (χ0v) is 19.3. The Kier molecular flexibility index (Phi) is 5.18. The van der Waals surface area contributed by atoms with E-state index in [-0.39, 0.29) is 12.0 Å². The maximum atomic E-state index is 13.7. The van der Waals surface area contributed by atoms with Crippen LogP contribution in [0.4, 0.5) is 5.69 Å². The summed E-state index contributed by atoms with van der Waals surface area (Å²) in [5, 5.41) is 33.7. The van der Waals surface area contributed by atoms with Crippen LogP contribution in [0, 0.1) is 18.8 Å². The topological polar surface area (TPSA) is 144 Å². The number of likely N-dealkylation sites (N-methyl/N-ethyl adjacent to an activating group) is 1. The monoisotopic (exact) mass is 455 g/mol. The summed E-state index contributed by atoms with van der Waals surface area (Å²) in [5.41, 5.74) is 4.93. The lowest BCUT2D eigenvalue weighted by Gasteiger charge is -2.50. The van der Waals surface area contributed by atoms with Crippen LogP contribution in [-0.4, -0.2) is 77.5 Å². The highest BCUT2D eigenvalue weighted by Crippen LogP contribution is 2.52. The molecular formula is C24H29N3O6. The van der Waals surface area contributed by atoms with Gasteiger partial charge in [-0.05, 0) is 57.0 Å². The van der Waals surface area contributed by atoms with Crippen LogP contribution in [0.3, 0.4) is 0 Å². The second-order valence-electron chi connectivity index (χ2n) is 9.61. The molecule has 0 aliphatic heterocycles. The van der Waals surface area contributed by atoms with Gasteiger partial charge in [0.15, 0.2) is 11.4 Å². The molecule has 9 heteroatoms. The molecule has 1 aromatic rings. The molecule has 0 fully saturated rings. The average Bonchev–Trinajstić information content (AvgIpc) is 2.70. The van der Waals surface area contributed by atoms with Gasteiger partial charge in [0.05, 0.1) is 6.04 Å². The zero-order valence-electron chi connectivity index (χ0n) is 19.3. The van der Waals surface area contributed by atoms with E-state index in [1.807, 2.05) is 31.1 Å². The number of ketones is 2. The second kappa shape index (κ2) is 7.43. The number of aliphatic hydroxyl groups is 3. The molecule has 0 unspecified atom stereocenters. The molecule has 0 spiro atoms. The van der Waals surface area contributed by atoms with E-state index in [0.29, 0.717) is 12.0 Å². The van der Waals surface area contributed by atoms with E-state index in [1.54, 1.807) is 25.9 Å². The lowest BCUT2D eigenvalue weighted by Crippen LogP contribution is -2.63. The number of hydrogen-bond acceptors (Lipinski definition) is 8. The van der Waals surface area contributed by atoms with Crippen LogP contribution in [-0.2, 0) is 16.0 Å². The number of allylic oxidation sites excluding steroid dienone is 1. The number of aryl methyl sites for hydroxylation is 1. The Morgan fingerprint density at radius 2 is 1.79 bits per heavy atom. The second-order valence-corrected chi connectivity index (χ2v) is 9.61. The molecule has 5 N–H and O–H groups in total. The smallest absolute Gasteiger partial charge is 0.255 e. The molecule has 1 aromatic carbocycles. The number of nitrogens with two attached hydrogens (primary N) is 1. The van der Waals surface area contributed by atoms with Gasteiger partial charge in [0, 0.05) is 36.8 Å². The molecule has 0 bridgehead atoms. The van der Waals surface area contributed by atoms with Gasteiger partial charge in [0.1, 0.15) is 17.1 Å². The molecule has 0 saturated heterocycles. The van der Waals surface area contributed by atoms with Crippen molar-refractivity contribution in [3.05, 3.63) is 51.5 Å². The van der Waals surface area contributed by atoms with E-state index in [2.05, 4.69) is 0 Å². The van der Waals surface area contributed by atoms with Crippen molar-refractivity contribution >= 4 is 23.2 Å². The minimum absolute atomic E-state index is 0.0173. The molecular weight excluding hydrogens is 426 g/mol. The van der Waals surface area contributed by atoms with Crippen LogP contribution >= 0.6 is 0 Å². The molecule has 1 amide bonds. The highest BCUT2D eigenvalue weighted by molar-refractivity contribution is 6.24. The number of benzene rings is 1. The van der Waals surface area contributed by atoms with E-state index < -0.39 is 58.0 Å². The highest BCUT2D eigenvalue weighted by atomic mass is 16.3. The Morgan fingerprint density at radius 3 is 2.33 bits per heavy atom. The van der Waals surface area contributed by atoms with E-state index in [1.165, 1.54) is 0 Å². The number of nitrogens with zero attached hydrogens (tertiary/aromatic N) is 2. The van der Waals surface area contributed by atoms with Crippen molar-refractivity contribution in [1.82, 2.24) is 4.90 Å². The van der Waals surface area contributed by atoms with Crippen LogP contribution in [0.25, 0.3) is 0 Å². The van der Waals surface area contributed by atoms with Crippen molar-refractivity contribution < 1.29 is 29.7 Å². The number of primary amides is 1. The summed E-state index contributed by atoms with van der Waals surface area (Å²) in [6, 6.07) is 2.81. The predicted octanol–water partition coefficient (Wildman–Crippen LogP) is 0.789. The Labute approximate surface area is 191 Å². The molecule has 0 saturated carbocycles. The van der Waals surface area contributed by atoms with Crippen molar-refractivity contribution in [2.45, 2.75) is 31.4 Å². The van der Waals surface area contributed by atoms with E-state index in [9.17, 15) is 29.7 Å². The number of aliphatic hydroxyl groups excluding tert-OH is 2. The van der Waals surface area contributed by atoms with Gasteiger partial charge in [-0.2, -0.15) is 0 Å². The third-order valence-corrected chi connectivity index (χ3v) is 7.29. The van der Waals surface area contributed by atoms with Crippen molar-refractivity contribution in [3.8, 4) is 0 Å². The molecule has 9 nitrogen and oxygen atoms in total. The first-order valence-corrected chi connectivity index (χ1v) is 10.8. The van der Waals surface area contributed by atoms with Crippen molar-refractivity contribution in [1.29, 1.82) is 0 Å². The number of rotatable bonds is 3. The third-order valence-electron chi connectivity index (χ3n) is 7.29. The van der Waals surface area contributed by atoms with Crippen LogP contribution in [0.1, 0.15) is 27.9 Å². The highest BCUT2D eigenvalue weighted by Gasteiger charge is 2.63. The van der Waals surface area contributed by atoms with Gasteiger partial charge < -0.3 is 26.0 Å². The van der Waals surface area contributed by atoms with Crippen LogP contribution < -0.4 is 10.6 Å². The molecule has 0 radical (unpaired) electrons. The normalized spacial score (nSPS) is 29.1. The van der Waals surface area contributed by atoms with Gasteiger partial charge in [-0.3, -0.25) is 19.3 Å². The zero-order chi connectivity index (χ0) is 24.6. The lowest BCUT2D eigenvalue weighted by molar-refractivity contribution is -0.148. The van der Waals surface area contributed by atoms with Gasteiger partial charge in [-0.15, -0.1) is 0 Å². The Bertz CT molecular complexity index is 1160. The summed E-state index contributed by atoms with van der Waals surface area (Å²) in [4.78, 5) is 42.4. The minimum Gasteiger partial charge on any atom is -0.510 e. The molecule has 4 rings (SSSR count). The fourth-order valence-electron chi connectivity index (χ4n) is 5.85. The Hall–Kier alpha value is -3.17. The van der Waals surface area contributed by atoms with Gasteiger partial charge in [0.2, 0.25) is 5.78 Å². The number of carbonyl (C=O) groups is 3. The standard InChI is InChI=1S/C24H29N3O6/c1-10-6-7-14(26(2)3)12-8-11-9-13-18(27(4)5)20(29)17(23(25)32)22(31)24(13,33)21(30)16(11)19(28)15(10)12/h6-7,11,13,18,29-30,33H,8-9H2,1-5H3,(H2,25,32)/t11-,13-,18-,24-/m0/s1. The van der Waals surface area contributed by atoms with Crippen LogP contribution in [0.5, 0.6) is 0 Å². The van der Waals surface area contributed by atoms with Crippen LogP contribution in [0.15, 0.2) is 34.8 Å². The summed E-state index contributed by atoms with van der Waals surface area (Å²) in [6.45, 7) is 1.80. The van der Waals surface area contributed by atoms with Gasteiger partial charge in [-0.1, -0.05) is 6.07 Å². The maximum Gasteiger partial charge on any atom is 0.255 e. The van der Waals surface area contributed by atoms with Crippen molar-refractivity contribution in [2.24, 2.45) is 17.6 Å². The molecule has 0 aromatic heterocycles. The molecule has 3 aliphatic carbocycles. The summed E-state index contributed by atoms with van der Waals surface area (Å²) in [7, 11) is 7.02. The number of anilines is 1. The van der Waals surface area contributed by atoms with Crippen molar-refractivity contribution in [2.75, 3.05) is 33.1 Å². The molecule has 4 atom stereocenters. The predicted molar refractivity (Wildman–Crippen MR) is 121 cm³/mol. The first-order valence-electron chi connectivity index (χ1n) is 10.8. The van der Waals surface area contributed by atoms with E-state index in [0.717, 1.165) is 16.8 Å². The Balaban J connectivity index is 1.98. The Morgan fingerprint density at radius 1 is 1.15 bits per heavy atom. The maximum absolute atomic E-state index is 13.7. The number of Topliss-reactive ketones (excluding diaryl/α,β-unsaturated/α-hetero) is 2. The molecule has 0 heterocycles. The minimum atomic E-state index is -2.54. The molecule has 176 valence electrons. The average molecular weight is 456 g/mol. The summed E-state index contributed by atoms with van der Waals surface area (Å²) >= 11 is 0. The summed E-state index contributed by atoms with van der Waals surface area (Å²) < 4.78 is 0. The summed E-state index contributed by atoms with van der Waals surface area (Å²) in [6.07, 6.45) is 0.566. The summed E-state index contributed by atoms with van der Waals surface area (Å²) in [5.74, 6) is -5.58. The quantitative estimate of drug-likeness (QED) is 0.490. The third kappa shape index (κ3) is 2.95. The molecule has 3 aliphatic rings. The first-order chi connectivity index (χ1) is 15.3. The van der Waals surface area contributed by atoms with Crippen molar-refractivity contribution in [3.63, 3.8) is 0 Å². The first kappa shape index (κ1) is 23.0. The number of amides is 1. The van der Waals surface area contributed by atoms with E-state index in [4.69, 9.17) is 5.73 Å². The number of carbonyl (C=O) groups excluding carboxylic acids is 3. The molecule has 33 heavy (non-hydrogen) atoms. The lowest BCUT2D eigenvalue weighted by atomic mass is 9.58.